The van der Waals surface area contributed by atoms with Crippen LogP contribution in [0.1, 0.15) is 44.5 Å². The van der Waals surface area contributed by atoms with Crippen molar-refractivity contribution in [1.29, 1.82) is 0 Å². The lowest BCUT2D eigenvalue weighted by atomic mass is 9.91. The minimum Gasteiger partial charge on any atom is -0.507 e. The Labute approximate surface area is 258 Å². The average Bonchev–Trinajstić information content (AvgIpc) is 2.94. The molecule has 0 radical (unpaired) electrons. The third kappa shape index (κ3) is 6.44. The van der Waals surface area contributed by atoms with E-state index in [-0.39, 0.29) is 70.2 Å². The summed E-state index contributed by atoms with van der Waals surface area (Å²) in [6, 6.07) is 16.4. The van der Waals surface area contributed by atoms with E-state index in [2.05, 4.69) is 8.37 Å². The molecule has 2 N–H and O–H groups in total. The quantitative estimate of drug-likeness (QED) is 0.129. The highest BCUT2D eigenvalue weighted by atomic mass is 32.2. The van der Waals surface area contributed by atoms with Crippen LogP contribution in [0.15, 0.2) is 72.8 Å². The summed E-state index contributed by atoms with van der Waals surface area (Å²) in [7, 11) is -12.3. The van der Waals surface area contributed by atoms with Crippen LogP contribution in [0.5, 0.6) is 23.0 Å². The SMILES string of the molecule is O=S(=O)(Oc1c2cccc1Cc1cccc(c1O)Cc1cccc(c1OS(=O)(=O)C(F)(F)F)Cc1cccc(c1O)C2)C(F)(F)F. The molecular formula is C30H22F6O8S2. The minimum absolute atomic E-state index is 0.0716. The summed E-state index contributed by atoms with van der Waals surface area (Å²) in [5.74, 6) is -2.22. The van der Waals surface area contributed by atoms with Crippen LogP contribution in [0.3, 0.4) is 0 Å². The number of hydrogen-bond acceptors (Lipinski definition) is 8. The molecule has 0 unspecified atom stereocenters. The zero-order valence-corrected chi connectivity index (χ0v) is 24.8. The van der Waals surface area contributed by atoms with Crippen LogP contribution in [0.4, 0.5) is 26.3 Å². The Morgan fingerprint density at radius 2 is 0.674 bits per heavy atom. The van der Waals surface area contributed by atoms with Gasteiger partial charge in [-0.3, -0.25) is 0 Å². The molecule has 4 aromatic rings. The molecule has 0 saturated heterocycles. The van der Waals surface area contributed by atoms with Gasteiger partial charge < -0.3 is 18.6 Å². The zero-order valence-electron chi connectivity index (χ0n) is 23.2. The van der Waals surface area contributed by atoms with Crippen LogP contribution in [0.25, 0.3) is 0 Å². The molecule has 0 atom stereocenters. The summed E-state index contributed by atoms with van der Waals surface area (Å²) in [6.07, 6.45) is -1.47. The first kappa shape index (κ1) is 32.9. The molecule has 0 saturated carbocycles. The van der Waals surface area contributed by atoms with Gasteiger partial charge in [0.1, 0.15) is 23.0 Å². The molecule has 0 fully saturated rings. The van der Waals surface area contributed by atoms with Crippen LogP contribution >= 0.6 is 0 Å². The van der Waals surface area contributed by atoms with Crippen molar-refractivity contribution in [3.8, 4) is 23.0 Å². The number of phenolic OH excluding ortho intramolecular Hbond substituents is 2. The number of para-hydroxylation sites is 4. The van der Waals surface area contributed by atoms with Gasteiger partial charge in [0.25, 0.3) is 0 Å². The molecule has 1 aliphatic rings. The van der Waals surface area contributed by atoms with Crippen molar-refractivity contribution < 1.29 is 61.8 Å². The normalized spacial score (nSPS) is 14.0. The summed E-state index contributed by atoms with van der Waals surface area (Å²) in [4.78, 5) is 0. The van der Waals surface area contributed by atoms with Gasteiger partial charge in [-0.1, -0.05) is 72.8 Å². The lowest BCUT2D eigenvalue weighted by molar-refractivity contribution is -0.0505. The fraction of sp³-hybridized carbons (Fsp3) is 0.200. The highest BCUT2D eigenvalue weighted by molar-refractivity contribution is 7.88. The summed E-state index contributed by atoms with van der Waals surface area (Å²) < 4.78 is 138. The van der Waals surface area contributed by atoms with E-state index >= 15 is 0 Å². The van der Waals surface area contributed by atoms with Crippen molar-refractivity contribution in [2.75, 3.05) is 0 Å². The molecule has 244 valence electrons. The van der Waals surface area contributed by atoms with E-state index in [1.807, 2.05) is 0 Å². The highest BCUT2D eigenvalue weighted by Crippen LogP contribution is 2.40. The van der Waals surface area contributed by atoms with Gasteiger partial charge in [0, 0.05) is 47.9 Å². The first-order valence-electron chi connectivity index (χ1n) is 13.2. The molecule has 4 aromatic carbocycles. The van der Waals surface area contributed by atoms with Crippen molar-refractivity contribution in [3.05, 3.63) is 117 Å². The third-order valence-corrected chi connectivity index (χ3v) is 9.15. The molecule has 0 spiro atoms. The summed E-state index contributed by atoms with van der Waals surface area (Å²) in [5, 5.41) is 22.3. The van der Waals surface area contributed by atoms with Gasteiger partial charge in [-0.05, 0) is 22.3 Å². The number of rotatable bonds is 4. The van der Waals surface area contributed by atoms with E-state index < -0.39 is 54.3 Å². The van der Waals surface area contributed by atoms with Gasteiger partial charge >= 0.3 is 31.3 Å². The van der Waals surface area contributed by atoms with Crippen LogP contribution in [-0.2, 0) is 45.9 Å². The van der Waals surface area contributed by atoms with Crippen molar-refractivity contribution >= 4 is 20.2 Å². The fourth-order valence-corrected chi connectivity index (χ4v) is 6.10. The molecule has 5 rings (SSSR count). The number of halogens is 6. The van der Waals surface area contributed by atoms with Crippen LogP contribution < -0.4 is 8.37 Å². The predicted octanol–water partition coefficient (Wildman–Crippen LogP) is 6.23. The largest absolute Gasteiger partial charge is 0.534 e. The first-order chi connectivity index (χ1) is 21.4. The maximum absolute atomic E-state index is 13.4. The lowest BCUT2D eigenvalue weighted by Crippen LogP contribution is -2.29. The molecule has 8 bridgehead atoms. The number of benzene rings is 4. The minimum atomic E-state index is -6.15. The smallest absolute Gasteiger partial charge is 0.507 e. The second-order valence-corrected chi connectivity index (χ2v) is 13.4. The second kappa shape index (κ2) is 11.7. The predicted molar refractivity (Wildman–Crippen MR) is 152 cm³/mol. The second-order valence-electron chi connectivity index (χ2n) is 10.3. The summed E-state index contributed by atoms with van der Waals surface area (Å²) >= 11 is 0. The summed E-state index contributed by atoms with van der Waals surface area (Å²) in [6.45, 7) is 0. The summed E-state index contributed by atoms with van der Waals surface area (Å²) in [5.41, 5.74) is -11.6. The van der Waals surface area contributed by atoms with Gasteiger partial charge in [-0.25, -0.2) is 0 Å². The highest BCUT2D eigenvalue weighted by Gasteiger charge is 2.50. The fourth-order valence-electron chi connectivity index (χ4n) is 5.04. The number of alkyl halides is 6. The Morgan fingerprint density at radius 3 is 0.891 bits per heavy atom. The maximum Gasteiger partial charge on any atom is 0.534 e. The maximum atomic E-state index is 13.4. The van der Waals surface area contributed by atoms with Gasteiger partial charge in [-0.15, -0.1) is 0 Å². The molecule has 0 amide bonds. The Kier molecular flexibility index (Phi) is 8.40. The third-order valence-electron chi connectivity index (χ3n) is 7.24. The molecule has 1 aliphatic carbocycles. The van der Waals surface area contributed by atoms with E-state index in [1.54, 1.807) is 0 Å². The average molecular weight is 689 g/mol. The number of phenols is 2. The van der Waals surface area contributed by atoms with Crippen LogP contribution in [0, 0.1) is 0 Å². The van der Waals surface area contributed by atoms with Crippen molar-refractivity contribution in [2.24, 2.45) is 0 Å². The van der Waals surface area contributed by atoms with Crippen LogP contribution in [0.2, 0.25) is 0 Å². The van der Waals surface area contributed by atoms with E-state index in [0.29, 0.717) is 0 Å². The monoisotopic (exact) mass is 688 g/mol. The van der Waals surface area contributed by atoms with Gasteiger partial charge in [-0.2, -0.15) is 43.2 Å². The lowest BCUT2D eigenvalue weighted by Gasteiger charge is -2.20. The molecular weight excluding hydrogens is 666 g/mol. The molecule has 16 heteroatoms. The van der Waals surface area contributed by atoms with E-state index in [9.17, 15) is 53.4 Å². The Hall–Kier alpha value is -4.44. The van der Waals surface area contributed by atoms with E-state index in [1.165, 1.54) is 72.8 Å². The molecule has 46 heavy (non-hydrogen) atoms. The molecule has 0 aliphatic heterocycles. The van der Waals surface area contributed by atoms with Crippen molar-refractivity contribution in [3.63, 3.8) is 0 Å². The van der Waals surface area contributed by atoms with E-state index in [0.717, 1.165) is 0 Å². The Balaban J connectivity index is 1.75. The number of aromatic hydroxyl groups is 2. The van der Waals surface area contributed by atoms with E-state index in [4.69, 9.17) is 0 Å². The Morgan fingerprint density at radius 1 is 0.457 bits per heavy atom. The zero-order chi connectivity index (χ0) is 33.7. The van der Waals surface area contributed by atoms with Gasteiger partial charge in [0.05, 0.1) is 0 Å². The van der Waals surface area contributed by atoms with Crippen molar-refractivity contribution in [2.45, 2.75) is 36.7 Å². The van der Waals surface area contributed by atoms with Crippen LogP contribution in [-0.4, -0.2) is 38.1 Å². The van der Waals surface area contributed by atoms with Gasteiger partial charge in [0.2, 0.25) is 0 Å². The number of fused-ring (bicyclic) bond motifs is 8. The molecule has 0 heterocycles. The Bertz CT molecular complexity index is 1810. The standard InChI is InChI=1S/C30H22F6O8S2/c31-29(32,33)45(39,40)43-27-21-9-3-11-23(27)15-19-7-2-8-20(26(19)38)16-24-12-4-10-22(28(24)44-46(41,42)30(34,35)36)14-18-6-1-5-17(13-21)25(18)37/h1-12,37-38H,13-16H2. The molecule has 0 aromatic heterocycles. The first-order valence-corrected chi connectivity index (χ1v) is 16.0. The molecule has 8 nitrogen and oxygen atoms in total. The van der Waals surface area contributed by atoms with Gasteiger partial charge in [0.15, 0.2) is 0 Å². The topological polar surface area (TPSA) is 127 Å². The van der Waals surface area contributed by atoms with Crippen molar-refractivity contribution in [1.82, 2.24) is 0 Å². The number of hydrogen-bond donors (Lipinski definition) is 2.